The van der Waals surface area contributed by atoms with Crippen LogP contribution in [0.5, 0.6) is 0 Å². The molecule has 3 rings (SSSR count). The van der Waals surface area contributed by atoms with Crippen LogP contribution in [-0.4, -0.2) is 44.3 Å². The molecule has 1 unspecified atom stereocenters. The van der Waals surface area contributed by atoms with Gasteiger partial charge < -0.3 is 10.2 Å². The maximum atomic E-state index is 13.9. The second kappa shape index (κ2) is 13.1. The number of carbonyl (C=O) groups excluding carboxylic acids is 2. The van der Waals surface area contributed by atoms with Crippen LogP contribution in [0.15, 0.2) is 77.7 Å². The van der Waals surface area contributed by atoms with E-state index in [4.69, 9.17) is 23.2 Å². The van der Waals surface area contributed by atoms with Crippen LogP contribution in [0, 0.1) is 6.92 Å². The number of rotatable bonds is 11. The molecule has 7 nitrogen and oxygen atoms in total. The largest absolute Gasteiger partial charge is 0.355 e. The van der Waals surface area contributed by atoms with E-state index < -0.39 is 28.5 Å². The molecule has 1 N–H and O–H groups in total. The molecule has 3 aromatic carbocycles. The second-order valence-electron chi connectivity index (χ2n) is 8.77. The molecule has 0 bridgehead atoms. The zero-order valence-electron chi connectivity index (χ0n) is 21.5. The van der Waals surface area contributed by atoms with Crippen molar-refractivity contribution in [1.29, 1.82) is 0 Å². The van der Waals surface area contributed by atoms with Crippen molar-refractivity contribution in [1.82, 2.24) is 10.2 Å². The number of hydrogen-bond acceptors (Lipinski definition) is 4. The fourth-order valence-electron chi connectivity index (χ4n) is 4.11. The molecule has 0 aliphatic heterocycles. The first-order valence-corrected chi connectivity index (χ1v) is 14.4. The first kappa shape index (κ1) is 29.5. The molecule has 38 heavy (non-hydrogen) atoms. The van der Waals surface area contributed by atoms with E-state index in [1.54, 1.807) is 25.1 Å². The summed E-state index contributed by atoms with van der Waals surface area (Å²) in [4.78, 5) is 28.3. The number of likely N-dealkylation sites (N-methyl/N-ethyl adjacent to an activating group) is 1. The fourth-order valence-corrected chi connectivity index (χ4v) is 5.83. The molecule has 0 aromatic heterocycles. The summed E-state index contributed by atoms with van der Waals surface area (Å²) in [6.07, 6.45) is 0.352. The van der Waals surface area contributed by atoms with E-state index in [2.05, 4.69) is 5.32 Å². The van der Waals surface area contributed by atoms with Crippen LogP contribution in [0.1, 0.15) is 31.4 Å². The van der Waals surface area contributed by atoms with Crippen molar-refractivity contribution in [2.75, 3.05) is 17.4 Å². The Hall–Kier alpha value is -3.07. The van der Waals surface area contributed by atoms with Gasteiger partial charge in [-0.05, 0) is 68.3 Å². The standard InChI is InChI=1S/C28H31Cl2N3O4S/c1-4-26(28(35)31-5-2)32(18-21-9-6-8-20(3)16-21)27(34)19-33(24-11-7-10-23(30)17-24)38(36,37)25-14-12-22(29)13-15-25/h6-17,26H,4-5,18-19H2,1-3H3,(H,31,35). The molecule has 0 fully saturated rings. The number of aryl methyl sites for hydroxylation is 1. The predicted molar refractivity (Wildman–Crippen MR) is 152 cm³/mol. The van der Waals surface area contributed by atoms with Crippen LogP contribution in [0.4, 0.5) is 5.69 Å². The van der Waals surface area contributed by atoms with Crippen LogP contribution in [-0.2, 0) is 26.2 Å². The first-order valence-electron chi connectivity index (χ1n) is 12.2. The molecular formula is C28H31Cl2N3O4S. The van der Waals surface area contributed by atoms with Gasteiger partial charge in [0.05, 0.1) is 10.6 Å². The zero-order chi connectivity index (χ0) is 27.9. The monoisotopic (exact) mass is 575 g/mol. The molecule has 1 atom stereocenters. The number of hydrogen-bond donors (Lipinski definition) is 1. The van der Waals surface area contributed by atoms with Crippen molar-refractivity contribution in [2.45, 2.75) is 44.7 Å². The fraction of sp³-hybridized carbons (Fsp3) is 0.286. The third-order valence-corrected chi connectivity index (χ3v) is 8.22. The van der Waals surface area contributed by atoms with Gasteiger partial charge in [0.25, 0.3) is 10.0 Å². The van der Waals surface area contributed by atoms with E-state index >= 15 is 0 Å². The molecule has 202 valence electrons. The molecule has 0 aliphatic carbocycles. The van der Waals surface area contributed by atoms with Crippen molar-refractivity contribution in [3.8, 4) is 0 Å². The van der Waals surface area contributed by atoms with Gasteiger partial charge in [0.1, 0.15) is 12.6 Å². The Morgan fingerprint density at radius 2 is 1.61 bits per heavy atom. The Morgan fingerprint density at radius 1 is 0.921 bits per heavy atom. The Labute approximate surface area is 234 Å². The van der Waals surface area contributed by atoms with Crippen LogP contribution in [0.25, 0.3) is 0 Å². The topological polar surface area (TPSA) is 86.8 Å². The number of sulfonamides is 1. The molecule has 2 amide bonds. The summed E-state index contributed by atoms with van der Waals surface area (Å²) in [6, 6.07) is 18.8. The van der Waals surface area contributed by atoms with Gasteiger partial charge in [-0.2, -0.15) is 0 Å². The third-order valence-electron chi connectivity index (χ3n) is 5.95. The predicted octanol–water partition coefficient (Wildman–Crippen LogP) is 5.44. The van der Waals surface area contributed by atoms with Crippen LogP contribution in [0.3, 0.4) is 0 Å². The molecule has 3 aromatic rings. The molecule has 0 aliphatic rings. The highest BCUT2D eigenvalue weighted by molar-refractivity contribution is 7.92. The molecule has 0 heterocycles. The molecule has 10 heteroatoms. The highest BCUT2D eigenvalue weighted by Gasteiger charge is 2.33. The Morgan fingerprint density at radius 3 is 2.21 bits per heavy atom. The average molecular weight is 577 g/mol. The SMILES string of the molecule is CCNC(=O)C(CC)N(Cc1cccc(C)c1)C(=O)CN(c1cccc(Cl)c1)S(=O)(=O)c1ccc(Cl)cc1. The van der Waals surface area contributed by atoms with E-state index in [0.29, 0.717) is 23.0 Å². The van der Waals surface area contributed by atoms with Crippen molar-refractivity contribution in [2.24, 2.45) is 0 Å². The molecule has 0 spiro atoms. The summed E-state index contributed by atoms with van der Waals surface area (Å²) < 4.78 is 28.6. The van der Waals surface area contributed by atoms with E-state index in [0.717, 1.165) is 15.4 Å². The molecular weight excluding hydrogens is 545 g/mol. The van der Waals surface area contributed by atoms with E-state index in [1.807, 2.05) is 38.1 Å². The van der Waals surface area contributed by atoms with Crippen molar-refractivity contribution in [3.05, 3.63) is 94.0 Å². The lowest BCUT2D eigenvalue weighted by molar-refractivity contribution is -0.140. The Balaban J connectivity index is 2.06. The third kappa shape index (κ3) is 7.28. The van der Waals surface area contributed by atoms with E-state index in [-0.39, 0.29) is 23.0 Å². The van der Waals surface area contributed by atoms with Gasteiger partial charge >= 0.3 is 0 Å². The number of nitrogens with zero attached hydrogens (tertiary/aromatic N) is 2. The summed E-state index contributed by atoms with van der Waals surface area (Å²) >= 11 is 12.2. The smallest absolute Gasteiger partial charge is 0.264 e. The first-order chi connectivity index (χ1) is 18.1. The van der Waals surface area contributed by atoms with Crippen molar-refractivity contribution in [3.63, 3.8) is 0 Å². The highest BCUT2D eigenvalue weighted by Crippen LogP contribution is 2.27. The van der Waals surface area contributed by atoms with Crippen LogP contribution < -0.4 is 9.62 Å². The van der Waals surface area contributed by atoms with Gasteiger partial charge in [0, 0.05) is 23.1 Å². The number of halogens is 2. The van der Waals surface area contributed by atoms with Crippen molar-refractivity contribution >= 4 is 50.7 Å². The van der Waals surface area contributed by atoms with Gasteiger partial charge in [-0.1, -0.05) is 66.0 Å². The van der Waals surface area contributed by atoms with Gasteiger partial charge in [-0.25, -0.2) is 8.42 Å². The van der Waals surface area contributed by atoms with Crippen LogP contribution >= 0.6 is 23.2 Å². The zero-order valence-corrected chi connectivity index (χ0v) is 23.9. The summed E-state index contributed by atoms with van der Waals surface area (Å²) in [6.45, 7) is 5.57. The lowest BCUT2D eigenvalue weighted by Crippen LogP contribution is -2.52. The van der Waals surface area contributed by atoms with Gasteiger partial charge in [0.15, 0.2) is 0 Å². The normalized spacial score (nSPS) is 12.0. The Bertz CT molecular complexity index is 1380. The number of anilines is 1. The van der Waals surface area contributed by atoms with E-state index in [9.17, 15) is 18.0 Å². The number of nitrogens with one attached hydrogen (secondary N) is 1. The molecule has 0 saturated heterocycles. The van der Waals surface area contributed by atoms with Gasteiger partial charge in [-0.3, -0.25) is 13.9 Å². The molecule has 0 radical (unpaired) electrons. The average Bonchev–Trinajstić information content (AvgIpc) is 2.87. The summed E-state index contributed by atoms with van der Waals surface area (Å²) in [5.41, 5.74) is 2.06. The maximum absolute atomic E-state index is 13.9. The van der Waals surface area contributed by atoms with Crippen LogP contribution in [0.2, 0.25) is 10.0 Å². The Kier molecular flexibility index (Phi) is 10.2. The quantitative estimate of drug-likeness (QED) is 0.330. The van der Waals surface area contributed by atoms with Gasteiger partial charge in [0.2, 0.25) is 11.8 Å². The minimum atomic E-state index is -4.19. The molecule has 0 saturated carbocycles. The lowest BCUT2D eigenvalue weighted by Gasteiger charge is -2.33. The summed E-state index contributed by atoms with van der Waals surface area (Å²) in [5, 5.41) is 3.49. The maximum Gasteiger partial charge on any atom is 0.264 e. The second-order valence-corrected chi connectivity index (χ2v) is 11.5. The minimum Gasteiger partial charge on any atom is -0.355 e. The number of carbonyl (C=O) groups is 2. The minimum absolute atomic E-state index is 0.0318. The highest BCUT2D eigenvalue weighted by atomic mass is 35.5. The van der Waals surface area contributed by atoms with E-state index in [1.165, 1.54) is 35.2 Å². The van der Waals surface area contributed by atoms with Gasteiger partial charge in [-0.15, -0.1) is 0 Å². The summed E-state index contributed by atoms with van der Waals surface area (Å²) in [5.74, 6) is -0.826. The number of amides is 2. The number of benzene rings is 3. The lowest BCUT2D eigenvalue weighted by atomic mass is 10.1. The van der Waals surface area contributed by atoms with Crippen molar-refractivity contribution < 1.29 is 18.0 Å². The summed E-state index contributed by atoms with van der Waals surface area (Å²) in [7, 11) is -4.19.